The molecule has 0 aromatic heterocycles. The smallest absolute Gasteiger partial charge is 0.223 e. The Bertz CT molecular complexity index is 242. The van der Waals surface area contributed by atoms with E-state index in [-0.39, 0.29) is 0 Å². The minimum Gasteiger partial charge on any atom is -0.381 e. The second-order valence-corrected chi connectivity index (χ2v) is 4.93. The maximum atomic E-state index is 12.1. The number of ether oxygens (including phenoxy) is 1. The first-order valence-corrected chi connectivity index (χ1v) is 7.29. The Kier molecular flexibility index (Phi) is 7.28. The largest absolute Gasteiger partial charge is 0.381 e. The second kappa shape index (κ2) is 8.48. The molecule has 106 valence electrons. The van der Waals surface area contributed by atoms with Gasteiger partial charge in [0.2, 0.25) is 5.91 Å². The number of hydrogen-bond acceptors (Lipinski definition) is 3. The van der Waals surface area contributed by atoms with Gasteiger partial charge in [-0.05, 0) is 26.4 Å². The number of likely N-dealkylation sites (tertiary alicyclic amines) is 1. The molecule has 1 saturated heterocycles. The van der Waals surface area contributed by atoms with E-state index in [1.54, 1.807) is 0 Å². The van der Waals surface area contributed by atoms with Gasteiger partial charge in [-0.3, -0.25) is 4.79 Å². The Balaban J connectivity index is 2.23. The van der Waals surface area contributed by atoms with Crippen LogP contribution in [-0.4, -0.2) is 61.6 Å². The van der Waals surface area contributed by atoms with Crippen molar-refractivity contribution in [3.05, 3.63) is 0 Å². The Morgan fingerprint density at radius 1 is 1.33 bits per heavy atom. The molecule has 0 radical (unpaired) electrons. The Morgan fingerprint density at radius 2 is 2.06 bits per heavy atom. The standard InChI is InChI=1S/C14H28N2O2/c1-4-15(5-2)9-8-14(17)16-10-7-13(11-16)12-18-6-3/h13H,4-12H2,1-3H3/t13-/m0/s1. The van der Waals surface area contributed by atoms with Gasteiger partial charge in [0.15, 0.2) is 0 Å². The Hall–Kier alpha value is -0.610. The van der Waals surface area contributed by atoms with E-state index in [0.717, 1.165) is 52.4 Å². The van der Waals surface area contributed by atoms with E-state index in [1.165, 1.54) is 0 Å². The van der Waals surface area contributed by atoms with Gasteiger partial charge in [-0.1, -0.05) is 13.8 Å². The minimum absolute atomic E-state index is 0.306. The minimum atomic E-state index is 0.306. The van der Waals surface area contributed by atoms with Crippen molar-refractivity contribution in [3.63, 3.8) is 0 Å². The molecule has 0 aliphatic carbocycles. The summed E-state index contributed by atoms with van der Waals surface area (Å²) in [5.74, 6) is 0.850. The number of hydrogen-bond donors (Lipinski definition) is 0. The summed E-state index contributed by atoms with van der Waals surface area (Å²) in [7, 11) is 0. The molecule has 0 aromatic rings. The lowest BCUT2D eigenvalue weighted by Gasteiger charge is -2.21. The fourth-order valence-electron chi connectivity index (χ4n) is 2.43. The lowest BCUT2D eigenvalue weighted by molar-refractivity contribution is -0.130. The molecule has 1 heterocycles. The van der Waals surface area contributed by atoms with Gasteiger partial charge in [-0.25, -0.2) is 0 Å². The first kappa shape index (κ1) is 15.4. The van der Waals surface area contributed by atoms with Crippen molar-refractivity contribution < 1.29 is 9.53 Å². The molecule has 1 aliphatic rings. The third-order valence-electron chi connectivity index (χ3n) is 3.73. The van der Waals surface area contributed by atoms with Gasteiger partial charge in [0.25, 0.3) is 0 Å². The van der Waals surface area contributed by atoms with E-state index in [1.807, 2.05) is 11.8 Å². The molecule has 0 spiro atoms. The molecule has 1 fully saturated rings. The summed E-state index contributed by atoms with van der Waals surface area (Å²) < 4.78 is 5.43. The van der Waals surface area contributed by atoms with E-state index >= 15 is 0 Å². The number of carbonyl (C=O) groups excluding carboxylic acids is 1. The van der Waals surface area contributed by atoms with Crippen LogP contribution in [0.5, 0.6) is 0 Å². The molecule has 1 aliphatic heterocycles. The summed E-state index contributed by atoms with van der Waals surface area (Å²) in [6.07, 6.45) is 1.75. The van der Waals surface area contributed by atoms with Crippen LogP contribution in [0.25, 0.3) is 0 Å². The lowest BCUT2D eigenvalue weighted by atomic mass is 10.1. The molecule has 0 saturated carbocycles. The normalized spacial score (nSPS) is 19.8. The molecule has 4 nitrogen and oxygen atoms in total. The van der Waals surface area contributed by atoms with Gasteiger partial charge >= 0.3 is 0 Å². The SMILES string of the molecule is CCOC[C@H]1CCN(C(=O)CCN(CC)CC)C1. The third kappa shape index (κ3) is 4.94. The lowest BCUT2D eigenvalue weighted by Crippen LogP contribution is -2.33. The van der Waals surface area contributed by atoms with Gasteiger partial charge in [-0.15, -0.1) is 0 Å². The van der Waals surface area contributed by atoms with E-state index in [9.17, 15) is 4.79 Å². The van der Waals surface area contributed by atoms with Crippen LogP contribution in [0.1, 0.15) is 33.6 Å². The summed E-state index contributed by atoms with van der Waals surface area (Å²) >= 11 is 0. The number of amides is 1. The van der Waals surface area contributed by atoms with Crippen LogP contribution in [0.3, 0.4) is 0 Å². The topological polar surface area (TPSA) is 32.8 Å². The fourth-order valence-corrected chi connectivity index (χ4v) is 2.43. The maximum Gasteiger partial charge on any atom is 0.223 e. The molecule has 1 atom stereocenters. The van der Waals surface area contributed by atoms with Gasteiger partial charge < -0.3 is 14.5 Å². The highest BCUT2D eigenvalue weighted by Crippen LogP contribution is 2.17. The zero-order valence-electron chi connectivity index (χ0n) is 12.2. The van der Waals surface area contributed by atoms with Crippen LogP contribution in [0.2, 0.25) is 0 Å². The molecule has 1 rings (SSSR count). The van der Waals surface area contributed by atoms with E-state index in [4.69, 9.17) is 4.74 Å². The van der Waals surface area contributed by atoms with E-state index < -0.39 is 0 Å². The average Bonchev–Trinajstić information content (AvgIpc) is 2.86. The molecule has 0 bridgehead atoms. The van der Waals surface area contributed by atoms with Crippen molar-refractivity contribution in [3.8, 4) is 0 Å². The zero-order valence-corrected chi connectivity index (χ0v) is 12.2. The molecular formula is C14H28N2O2. The van der Waals surface area contributed by atoms with Crippen molar-refractivity contribution >= 4 is 5.91 Å². The predicted molar refractivity (Wildman–Crippen MR) is 73.6 cm³/mol. The monoisotopic (exact) mass is 256 g/mol. The van der Waals surface area contributed by atoms with Crippen LogP contribution >= 0.6 is 0 Å². The molecular weight excluding hydrogens is 228 g/mol. The molecule has 1 amide bonds. The van der Waals surface area contributed by atoms with Crippen LogP contribution in [-0.2, 0) is 9.53 Å². The zero-order chi connectivity index (χ0) is 13.4. The number of nitrogens with zero attached hydrogens (tertiary/aromatic N) is 2. The van der Waals surface area contributed by atoms with Crippen LogP contribution in [0, 0.1) is 5.92 Å². The summed E-state index contributed by atoms with van der Waals surface area (Å²) in [4.78, 5) is 16.4. The molecule has 0 aromatic carbocycles. The highest BCUT2D eigenvalue weighted by Gasteiger charge is 2.25. The van der Waals surface area contributed by atoms with Gasteiger partial charge in [0.05, 0.1) is 6.61 Å². The average molecular weight is 256 g/mol. The predicted octanol–water partition coefficient (Wildman–Crippen LogP) is 1.60. The first-order chi connectivity index (χ1) is 8.71. The van der Waals surface area contributed by atoms with Crippen LogP contribution < -0.4 is 0 Å². The molecule has 0 unspecified atom stereocenters. The second-order valence-electron chi connectivity index (χ2n) is 4.93. The highest BCUT2D eigenvalue weighted by molar-refractivity contribution is 5.76. The van der Waals surface area contributed by atoms with E-state index in [2.05, 4.69) is 18.7 Å². The van der Waals surface area contributed by atoms with Crippen molar-refractivity contribution in [2.24, 2.45) is 5.92 Å². The van der Waals surface area contributed by atoms with Crippen molar-refractivity contribution in [1.29, 1.82) is 0 Å². The molecule has 4 heteroatoms. The van der Waals surface area contributed by atoms with E-state index in [0.29, 0.717) is 18.2 Å². The highest BCUT2D eigenvalue weighted by atomic mass is 16.5. The van der Waals surface area contributed by atoms with Crippen LogP contribution in [0.15, 0.2) is 0 Å². The first-order valence-electron chi connectivity index (χ1n) is 7.29. The maximum absolute atomic E-state index is 12.1. The summed E-state index contributed by atoms with van der Waals surface area (Å²) in [5, 5.41) is 0. The summed E-state index contributed by atoms with van der Waals surface area (Å²) in [6, 6.07) is 0. The van der Waals surface area contributed by atoms with Gasteiger partial charge in [-0.2, -0.15) is 0 Å². The van der Waals surface area contributed by atoms with Crippen molar-refractivity contribution in [2.45, 2.75) is 33.6 Å². The van der Waals surface area contributed by atoms with Gasteiger partial charge in [0, 0.05) is 38.6 Å². The van der Waals surface area contributed by atoms with Crippen molar-refractivity contribution in [1.82, 2.24) is 9.80 Å². The third-order valence-corrected chi connectivity index (χ3v) is 3.73. The Morgan fingerprint density at radius 3 is 2.67 bits per heavy atom. The fraction of sp³-hybridized carbons (Fsp3) is 0.929. The summed E-state index contributed by atoms with van der Waals surface area (Å²) in [5.41, 5.74) is 0. The van der Waals surface area contributed by atoms with Crippen LogP contribution in [0.4, 0.5) is 0 Å². The van der Waals surface area contributed by atoms with Crippen molar-refractivity contribution in [2.75, 3.05) is 45.9 Å². The number of rotatable bonds is 8. The summed E-state index contributed by atoms with van der Waals surface area (Å²) in [6.45, 7) is 12.6. The molecule has 0 N–H and O–H groups in total. The quantitative estimate of drug-likeness (QED) is 0.661. The molecule has 18 heavy (non-hydrogen) atoms. The Labute approximate surface area is 111 Å². The number of carbonyl (C=O) groups is 1. The van der Waals surface area contributed by atoms with Gasteiger partial charge in [0.1, 0.15) is 0 Å².